The molecule has 0 aliphatic carbocycles. The van der Waals surface area contributed by atoms with Gasteiger partial charge in [-0.3, -0.25) is 9.48 Å². The fourth-order valence-electron chi connectivity index (χ4n) is 3.12. The number of carbonyl (C=O) groups excluding carboxylic acids is 1. The fourth-order valence-corrected chi connectivity index (χ4v) is 3.12. The van der Waals surface area contributed by atoms with Crippen LogP contribution in [0.15, 0.2) is 24.3 Å². The van der Waals surface area contributed by atoms with Gasteiger partial charge < -0.3 is 14.8 Å². The molecule has 2 atom stereocenters. The molecule has 0 unspecified atom stereocenters. The zero-order valence-corrected chi connectivity index (χ0v) is 14.6. The number of aromatic nitrogens is 2. The number of hydrogen-bond donors (Lipinski definition) is 1. The first-order chi connectivity index (χ1) is 12.0. The quantitative estimate of drug-likeness (QED) is 0.844. The van der Waals surface area contributed by atoms with Crippen LogP contribution in [-0.4, -0.2) is 34.9 Å². The molecule has 1 N–H and O–H groups in total. The normalized spacial score (nSPS) is 19.4. The number of rotatable bonds is 5. The summed E-state index contributed by atoms with van der Waals surface area (Å²) in [6.07, 6.45) is 0.570. The van der Waals surface area contributed by atoms with Gasteiger partial charge in [0.05, 0.1) is 24.4 Å². The van der Waals surface area contributed by atoms with Crippen LogP contribution in [0.25, 0.3) is 0 Å². The summed E-state index contributed by atoms with van der Waals surface area (Å²) in [6, 6.07) is 6.18. The van der Waals surface area contributed by atoms with Crippen LogP contribution in [0.3, 0.4) is 0 Å². The Balaban J connectivity index is 1.62. The zero-order chi connectivity index (χ0) is 18.0. The summed E-state index contributed by atoms with van der Waals surface area (Å²) >= 11 is 0. The molecule has 0 saturated heterocycles. The molecule has 0 spiro atoms. The van der Waals surface area contributed by atoms with E-state index in [2.05, 4.69) is 10.4 Å². The first kappa shape index (κ1) is 17.4. The van der Waals surface area contributed by atoms with Crippen molar-refractivity contribution in [1.82, 2.24) is 15.1 Å². The minimum Gasteiger partial charge on any atom is -0.489 e. The van der Waals surface area contributed by atoms with E-state index in [9.17, 15) is 9.18 Å². The smallest absolute Gasteiger partial charge is 0.269 e. The molecule has 1 aromatic heterocycles. The molecule has 7 heteroatoms. The third-order valence-corrected chi connectivity index (χ3v) is 4.19. The van der Waals surface area contributed by atoms with Crippen LogP contribution >= 0.6 is 0 Å². The van der Waals surface area contributed by atoms with Crippen LogP contribution in [0.1, 0.15) is 41.7 Å². The van der Waals surface area contributed by atoms with E-state index in [1.165, 1.54) is 6.07 Å². The lowest BCUT2D eigenvalue weighted by Gasteiger charge is -2.24. The number of para-hydroxylation sites is 1. The van der Waals surface area contributed by atoms with Crippen LogP contribution in [0.4, 0.5) is 4.39 Å². The highest BCUT2D eigenvalue weighted by atomic mass is 19.1. The minimum atomic E-state index is -0.419. The summed E-state index contributed by atoms with van der Waals surface area (Å²) in [4.78, 5) is 12.5. The van der Waals surface area contributed by atoms with Crippen LogP contribution in [-0.2, 0) is 18.2 Å². The molecule has 0 fully saturated rings. The topological polar surface area (TPSA) is 65.4 Å². The minimum absolute atomic E-state index is 0.0441. The summed E-state index contributed by atoms with van der Waals surface area (Å²) in [7, 11) is 1.75. The van der Waals surface area contributed by atoms with E-state index in [1.54, 1.807) is 29.9 Å². The monoisotopic (exact) mass is 347 g/mol. The highest BCUT2D eigenvalue weighted by Crippen LogP contribution is 2.31. The standard InChI is InChI=1S/C18H22FN3O3/c1-11-10-13-16(12(2)25-11)21-22(3)17(13)18(23)20-8-9-24-15-7-5-4-6-14(15)19/h4-7,11-12H,8-10H2,1-3H3,(H,20,23)/t11-,12+/m1/s1. The number of ether oxygens (including phenoxy) is 2. The lowest BCUT2D eigenvalue weighted by atomic mass is 9.99. The lowest BCUT2D eigenvalue weighted by Crippen LogP contribution is -2.31. The van der Waals surface area contributed by atoms with E-state index in [4.69, 9.17) is 9.47 Å². The van der Waals surface area contributed by atoms with Crippen molar-refractivity contribution in [2.24, 2.45) is 7.05 Å². The highest BCUT2D eigenvalue weighted by molar-refractivity contribution is 5.94. The van der Waals surface area contributed by atoms with Crippen LogP contribution in [0.5, 0.6) is 5.75 Å². The van der Waals surface area contributed by atoms with Crippen LogP contribution in [0, 0.1) is 5.82 Å². The van der Waals surface area contributed by atoms with Gasteiger partial charge in [-0.25, -0.2) is 4.39 Å². The number of halogens is 1. The average Bonchev–Trinajstić information content (AvgIpc) is 2.89. The van der Waals surface area contributed by atoms with Gasteiger partial charge in [-0.1, -0.05) is 12.1 Å². The Hall–Kier alpha value is -2.41. The maximum Gasteiger partial charge on any atom is 0.269 e. The van der Waals surface area contributed by atoms with Crippen molar-refractivity contribution in [3.63, 3.8) is 0 Å². The molecular formula is C18H22FN3O3. The SMILES string of the molecule is C[C@@H]1Cc2c(nn(C)c2C(=O)NCCOc2ccccc2F)[C@H](C)O1. The van der Waals surface area contributed by atoms with E-state index in [0.717, 1.165) is 11.3 Å². The maximum atomic E-state index is 13.5. The van der Waals surface area contributed by atoms with Gasteiger partial charge in [0, 0.05) is 19.0 Å². The van der Waals surface area contributed by atoms with Crippen LogP contribution < -0.4 is 10.1 Å². The molecular weight excluding hydrogens is 325 g/mol. The van der Waals surface area contributed by atoms with E-state index < -0.39 is 5.82 Å². The summed E-state index contributed by atoms with van der Waals surface area (Å²) in [6.45, 7) is 4.37. The van der Waals surface area contributed by atoms with Crippen molar-refractivity contribution in [3.05, 3.63) is 47.0 Å². The van der Waals surface area contributed by atoms with Gasteiger partial charge >= 0.3 is 0 Å². The molecule has 1 aliphatic heterocycles. The van der Waals surface area contributed by atoms with E-state index in [-0.39, 0.29) is 37.0 Å². The number of hydrogen-bond acceptors (Lipinski definition) is 4. The van der Waals surface area contributed by atoms with Gasteiger partial charge in [-0.05, 0) is 26.0 Å². The molecule has 2 aromatic rings. The first-order valence-corrected chi connectivity index (χ1v) is 8.34. The second-order valence-corrected chi connectivity index (χ2v) is 6.16. The average molecular weight is 347 g/mol. The number of nitrogens with zero attached hydrogens (tertiary/aromatic N) is 2. The van der Waals surface area contributed by atoms with E-state index in [1.807, 2.05) is 13.8 Å². The molecule has 0 saturated carbocycles. The Morgan fingerprint density at radius 3 is 2.96 bits per heavy atom. The molecule has 134 valence electrons. The van der Waals surface area contributed by atoms with Crippen molar-refractivity contribution >= 4 is 5.91 Å². The van der Waals surface area contributed by atoms with Gasteiger partial charge in [-0.15, -0.1) is 0 Å². The van der Waals surface area contributed by atoms with Crippen LogP contribution in [0.2, 0.25) is 0 Å². The predicted octanol–water partition coefficient (Wildman–Crippen LogP) is 2.39. The molecule has 2 heterocycles. The number of nitrogens with one attached hydrogen (secondary N) is 1. The highest BCUT2D eigenvalue weighted by Gasteiger charge is 2.31. The van der Waals surface area contributed by atoms with E-state index >= 15 is 0 Å². The fraction of sp³-hybridized carbons (Fsp3) is 0.444. The Morgan fingerprint density at radius 2 is 2.20 bits per heavy atom. The predicted molar refractivity (Wildman–Crippen MR) is 90.1 cm³/mol. The van der Waals surface area contributed by atoms with Gasteiger partial charge in [-0.2, -0.15) is 5.10 Å². The number of carbonyl (C=O) groups is 1. The third kappa shape index (κ3) is 3.66. The number of fused-ring (bicyclic) bond motifs is 1. The van der Waals surface area contributed by atoms with Gasteiger partial charge in [0.15, 0.2) is 11.6 Å². The molecule has 0 bridgehead atoms. The third-order valence-electron chi connectivity index (χ3n) is 4.19. The van der Waals surface area contributed by atoms with Gasteiger partial charge in [0.25, 0.3) is 5.91 Å². The molecule has 0 radical (unpaired) electrons. The Labute approximate surface area is 145 Å². The lowest BCUT2D eigenvalue weighted by molar-refractivity contribution is -0.00710. The Bertz CT molecular complexity index is 775. The van der Waals surface area contributed by atoms with Gasteiger partial charge in [0.2, 0.25) is 0 Å². The summed E-state index contributed by atoms with van der Waals surface area (Å²) < 4.78 is 26.2. The number of amides is 1. The number of aryl methyl sites for hydroxylation is 1. The Morgan fingerprint density at radius 1 is 1.44 bits per heavy atom. The maximum absolute atomic E-state index is 13.5. The molecule has 3 rings (SSSR count). The largest absolute Gasteiger partial charge is 0.489 e. The summed E-state index contributed by atoms with van der Waals surface area (Å²) in [5.41, 5.74) is 2.29. The Kier molecular flexibility index (Phi) is 5.03. The molecule has 1 aliphatic rings. The molecule has 1 amide bonds. The second-order valence-electron chi connectivity index (χ2n) is 6.16. The van der Waals surface area contributed by atoms with Gasteiger partial charge in [0.1, 0.15) is 12.3 Å². The first-order valence-electron chi connectivity index (χ1n) is 8.34. The van der Waals surface area contributed by atoms with E-state index in [0.29, 0.717) is 12.1 Å². The zero-order valence-electron chi connectivity index (χ0n) is 14.6. The van der Waals surface area contributed by atoms with Crippen molar-refractivity contribution in [2.45, 2.75) is 32.5 Å². The second kappa shape index (κ2) is 7.23. The van der Waals surface area contributed by atoms with Crippen molar-refractivity contribution in [3.8, 4) is 5.75 Å². The summed E-state index contributed by atoms with van der Waals surface area (Å²) in [5, 5.41) is 7.23. The van der Waals surface area contributed by atoms with Crippen molar-refractivity contribution in [1.29, 1.82) is 0 Å². The number of benzene rings is 1. The summed E-state index contributed by atoms with van der Waals surface area (Å²) in [5.74, 6) is -0.457. The van der Waals surface area contributed by atoms with Crippen molar-refractivity contribution in [2.75, 3.05) is 13.2 Å². The molecule has 1 aromatic carbocycles. The molecule has 6 nitrogen and oxygen atoms in total. The molecule has 25 heavy (non-hydrogen) atoms. The van der Waals surface area contributed by atoms with Crippen molar-refractivity contribution < 1.29 is 18.7 Å².